The van der Waals surface area contributed by atoms with Gasteiger partial charge >= 0.3 is 0 Å². The molecule has 1 aromatic rings. The topological polar surface area (TPSA) is 49.3 Å². The molecule has 0 aromatic heterocycles. The maximum absolute atomic E-state index is 12.2. The number of carbonyl (C=O) groups excluding carboxylic acids is 1. The molecule has 2 aliphatic carbocycles. The first-order valence-electron chi connectivity index (χ1n) is 6.75. The lowest BCUT2D eigenvalue weighted by atomic mass is 10.1. The highest BCUT2D eigenvalue weighted by Crippen LogP contribution is 2.44. The maximum atomic E-state index is 12.2. The van der Waals surface area contributed by atoms with Gasteiger partial charge in [-0.25, -0.2) is 0 Å². The Labute approximate surface area is 107 Å². The van der Waals surface area contributed by atoms with E-state index in [4.69, 9.17) is 0 Å². The van der Waals surface area contributed by atoms with Crippen molar-refractivity contribution in [1.29, 1.82) is 0 Å². The van der Waals surface area contributed by atoms with Gasteiger partial charge in [-0.3, -0.25) is 4.79 Å². The van der Waals surface area contributed by atoms with E-state index in [1.54, 1.807) is 12.1 Å². The minimum absolute atomic E-state index is 0.0813. The summed E-state index contributed by atoms with van der Waals surface area (Å²) in [5.41, 5.74) is 1.36. The third-order valence-corrected chi connectivity index (χ3v) is 3.96. The van der Waals surface area contributed by atoms with Crippen molar-refractivity contribution >= 4 is 5.91 Å². The molecule has 3 nitrogen and oxygen atoms in total. The monoisotopic (exact) mass is 245 g/mol. The molecule has 0 unspecified atom stereocenters. The Hall–Kier alpha value is -1.51. The van der Waals surface area contributed by atoms with Crippen LogP contribution in [0.25, 0.3) is 0 Å². The van der Waals surface area contributed by atoms with Gasteiger partial charge < -0.3 is 10.4 Å². The number of hydrogen-bond donors (Lipinski definition) is 2. The molecule has 0 bridgehead atoms. The number of aryl methyl sites for hydroxylation is 1. The lowest BCUT2D eigenvalue weighted by molar-refractivity contribution is 0.0923. The van der Waals surface area contributed by atoms with E-state index in [-0.39, 0.29) is 11.7 Å². The second-order valence-electron chi connectivity index (χ2n) is 5.69. The quantitative estimate of drug-likeness (QED) is 0.856. The van der Waals surface area contributed by atoms with E-state index in [1.807, 2.05) is 13.0 Å². The van der Waals surface area contributed by atoms with Crippen molar-refractivity contribution in [1.82, 2.24) is 5.32 Å². The Kier molecular flexibility index (Phi) is 2.77. The first kappa shape index (κ1) is 11.6. The second kappa shape index (κ2) is 4.30. The molecule has 0 saturated heterocycles. The number of nitrogens with one attached hydrogen (secondary N) is 1. The minimum Gasteiger partial charge on any atom is -0.507 e. The molecule has 3 heteroatoms. The van der Waals surface area contributed by atoms with Gasteiger partial charge in [-0.1, -0.05) is 6.07 Å². The molecule has 0 atom stereocenters. The first-order chi connectivity index (χ1) is 8.65. The molecule has 3 rings (SSSR count). The Bertz CT molecular complexity index is 463. The highest BCUT2D eigenvalue weighted by atomic mass is 16.3. The van der Waals surface area contributed by atoms with E-state index < -0.39 is 0 Å². The molecule has 0 heterocycles. The molecule has 2 saturated carbocycles. The summed E-state index contributed by atoms with van der Waals surface area (Å²) < 4.78 is 0. The maximum Gasteiger partial charge on any atom is 0.255 e. The van der Waals surface area contributed by atoms with E-state index in [0.717, 1.165) is 5.56 Å². The summed E-state index contributed by atoms with van der Waals surface area (Å²) in [6.07, 6.45) is 4.95. The summed E-state index contributed by atoms with van der Waals surface area (Å²) in [4.78, 5) is 12.2. The number of amides is 1. The molecule has 1 amide bonds. The van der Waals surface area contributed by atoms with Crippen LogP contribution < -0.4 is 5.32 Å². The molecular formula is C15H19NO2. The number of aromatic hydroxyl groups is 1. The van der Waals surface area contributed by atoms with Gasteiger partial charge in [0.25, 0.3) is 5.91 Å². The number of hydrogen-bond acceptors (Lipinski definition) is 2. The highest BCUT2D eigenvalue weighted by molar-refractivity contribution is 5.97. The Balaban J connectivity index is 1.73. The van der Waals surface area contributed by atoms with E-state index >= 15 is 0 Å². The predicted molar refractivity (Wildman–Crippen MR) is 69.5 cm³/mol. The molecule has 2 N–H and O–H groups in total. The SMILES string of the molecule is Cc1ccc(C(=O)NC(C2CC2)C2CC2)c(O)c1. The van der Waals surface area contributed by atoms with E-state index in [0.29, 0.717) is 23.4 Å². The van der Waals surface area contributed by atoms with Gasteiger partial charge in [0.05, 0.1) is 5.56 Å². The normalized spacial score (nSPS) is 19.0. The van der Waals surface area contributed by atoms with Crippen molar-refractivity contribution in [3.63, 3.8) is 0 Å². The third-order valence-electron chi connectivity index (χ3n) is 3.96. The zero-order valence-electron chi connectivity index (χ0n) is 10.6. The van der Waals surface area contributed by atoms with E-state index in [2.05, 4.69) is 5.32 Å². The van der Waals surface area contributed by atoms with Crippen LogP contribution in [0.5, 0.6) is 5.75 Å². The minimum atomic E-state index is -0.128. The lowest BCUT2D eigenvalue weighted by Crippen LogP contribution is -2.38. The van der Waals surface area contributed by atoms with Crippen molar-refractivity contribution in [2.45, 2.75) is 38.6 Å². The predicted octanol–water partition coefficient (Wildman–Crippen LogP) is 2.62. The molecule has 1 aromatic carbocycles. The van der Waals surface area contributed by atoms with Crippen molar-refractivity contribution in [3.8, 4) is 5.75 Å². The van der Waals surface area contributed by atoms with Gasteiger partial charge in [-0.2, -0.15) is 0 Å². The summed E-state index contributed by atoms with van der Waals surface area (Å²) in [6.45, 7) is 1.90. The summed E-state index contributed by atoms with van der Waals surface area (Å²) in [5, 5.41) is 12.9. The first-order valence-corrected chi connectivity index (χ1v) is 6.75. The Morgan fingerprint density at radius 3 is 2.39 bits per heavy atom. The van der Waals surface area contributed by atoms with Crippen LogP contribution in [0.3, 0.4) is 0 Å². The second-order valence-corrected chi connectivity index (χ2v) is 5.69. The van der Waals surface area contributed by atoms with Gasteiger partial charge in [0, 0.05) is 6.04 Å². The molecule has 0 aliphatic heterocycles. The summed E-state index contributed by atoms with van der Waals surface area (Å²) in [6, 6.07) is 5.53. The van der Waals surface area contributed by atoms with Gasteiger partial charge in [-0.15, -0.1) is 0 Å². The number of carbonyl (C=O) groups is 1. The fraction of sp³-hybridized carbons (Fsp3) is 0.533. The molecular weight excluding hydrogens is 226 g/mol. The largest absolute Gasteiger partial charge is 0.507 e. The lowest BCUT2D eigenvalue weighted by Gasteiger charge is -2.18. The van der Waals surface area contributed by atoms with Crippen LogP contribution in [0.1, 0.15) is 41.6 Å². The Morgan fingerprint density at radius 1 is 1.28 bits per heavy atom. The molecule has 2 aliphatic rings. The average Bonchev–Trinajstić information content (AvgIpc) is 3.17. The third kappa shape index (κ3) is 2.35. The van der Waals surface area contributed by atoms with Crippen molar-refractivity contribution in [2.75, 3.05) is 0 Å². The summed E-state index contributed by atoms with van der Waals surface area (Å²) in [7, 11) is 0. The van der Waals surface area contributed by atoms with Gasteiger partial charge in [0.1, 0.15) is 5.75 Å². The fourth-order valence-corrected chi connectivity index (χ4v) is 2.59. The van der Waals surface area contributed by atoms with Gasteiger partial charge in [-0.05, 0) is 62.1 Å². The molecule has 18 heavy (non-hydrogen) atoms. The zero-order valence-corrected chi connectivity index (χ0v) is 10.6. The van der Waals surface area contributed by atoms with E-state index in [1.165, 1.54) is 25.7 Å². The smallest absolute Gasteiger partial charge is 0.255 e. The van der Waals surface area contributed by atoms with Crippen LogP contribution in [0.4, 0.5) is 0 Å². The summed E-state index contributed by atoms with van der Waals surface area (Å²) in [5.74, 6) is 1.30. The standard InChI is InChI=1S/C15H19NO2/c1-9-2-7-12(13(17)8-9)15(18)16-14(10-3-4-10)11-5-6-11/h2,7-8,10-11,14,17H,3-6H2,1H3,(H,16,18). The molecule has 2 fully saturated rings. The number of benzene rings is 1. The average molecular weight is 245 g/mol. The number of rotatable bonds is 4. The van der Waals surface area contributed by atoms with Crippen LogP contribution in [-0.4, -0.2) is 17.1 Å². The summed E-state index contributed by atoms with van der Waals surface area (Å²) >= 11 is 0. The fourth-order valence-electron chi connectivity index (χ4n) is 2.59. The van der Waals surface area contributed by atoms with Crippen LogP contribution in [0.15, 0.2) is 18.2 Å². The number of phenols is 1. The van der Waals surface area contributed by atoms with Crippen molar-refractivity contribution < 1.29 is 9.90 Å². The van der Waals surface area contributed by atoms with E-state index in [9.17, 15) is 9.90 Å². The number of phenolic OH excluding ortho intramolecular Hbond substituents is 1. The van der Waals surface area contributed by atoms with Crippen LogP contribution in [0.2, 0.25) is 0 Å². The van der Waals surface area contributed by atoms with Crippen LogP contribution >= 0.6 is 0 Å². The van der Waals surface area contributed by atoms with Crippen LogP contribution in [0, 0.1) is 18.8 Å². The molecule has 0 radical (unpaired) electrons. The highest BCUT2D eigenvalue weighted by Gasteiger charge is 2.42. The van der Waals surface area contributed by atoms with Crippen molar-refractivity contribution in [2.24, 2.45) is 11.8 Å². The Morgan fingerprint density at radius 2 is 1.89 bits per heavy atom. The molecule has 0 spiro atoms. The van der Waals surface area contributed by atoms with Crippen LogP contribution in [-0.2, 0) is 0 Å². The van der Waals surface area contributed by atoms with Gasteiger partial charge in [0.2, 0.25) is 0 Å². The zero-order chi connectivity index (χ0) is 12.7. The molecule has 96 valence electrons. The van der Waals surface area contributed by atoms with Crippen molar-refractivity contribution in [3.05, 3.63) is 29.3 Å². The van der Waals surface area contributed by atoms with Gasteiger partial charge in [0.15, 0.2) is 0 Å².